The zero-order valence-corrected chi connectivity index (χ0v) is 27.1. The Kier molecular flexibility index (Phi) is 10.3. The minimum Gasteiger partial charge on any atom is -0.486 e. The molecule has 0 saturated heterocycles. The fourth-order valence-electron chi connectivity index (χ4n) is 5.38. The maximum atomic E-state index is 14.6. The van der Waals surface area contributed by atoms with E-state index in [4.69, 9.17) is 9.47 Å². The lowest BCUT2D eigenvalue weighted by atomic mass is 10.0. The molecule has 1 aliphatic heterocycles. The van der Waals surface area contributed by atoms with Gasteiger partial charge in [-0.05, 0) is 56.2 Å². The van der Waals surface area contributed by atoms with Crippen molar-refractivity contribution in [1.82, 2.24) is 10.2 Å². The first-order chi connectivity index (χ1) is 22.1. The molecule has 0 radical (unpaired) electrons. The molecule has 1 heterocycles. The normalized spacial score (nSPS) is 13.1. The van der Waals surface area contributed by atoms with Crippen molar-refractivity contribution in [3.05, 3.63) is 120 Å². The lowest BCUT2D eigenvalue weighted by Crippen LogP contribution is -2.54. The van der Waals surface area contributed by atoms with Gasteiger partial charge in [0.25, 0.3) is 10.0 Å². The molecule has 1 atom stereocenters. The second kappa shape index (κ2) is 14.5. The molecule has 0 saturated carbocycles. The lowest BCUT2D eigenvalue weighted by Gasteiger charge is -2.34. The van der Waals surface area contributed by atoms with Crippen molar-refractivity contribution in [3.63, 3.8) is 0 Å². The summed E-state index contributed by atoms with van der Waals surface area (Å²) in [6.07, 6.45) is 0.242. The molecule has 0 bridgehead atoms. The van der Waals surface area contributed by atoms with Crippen molar-refractivity contribution >= 4 is 27.5 Å². The average Bonchev–Trinajstić information content (AvgIpc) is 3.05. The Balaban J connectivity index is 1.59. The van der Waals surface area contributed by atoms with Crippen LogP contribution in [-0.4, -0.2) is 57.0 Å². The second-order valence-corrected chi connectivity index (χ2v) is 13.4. The first-order valence-corrected chi connectivity index (χ1v) is 16.7. The van der Waals surface area contributed by atoms with Crippen molar-refractivity contribution in [3.8, 4) is 11.5 Å². The highest BCUT2D eigenvalue weighted by Crippen LogP contribution is 2.36. The number of benzene rings is 4. The van der Waals surface area contributed by atoms with Crippen LogP contribution in [0, 0.1) is 6.92 Å². The van der Waals surface area contributed by atoms with E-state index in [-0.39, 0.29) is 35.5 Å². The van der Waals surface area contributed by atoms with Gasteiger partial charge in [0.2, 0.25) is 11.8 Å². The first-order valence-electron chi connectivity index (χ1n) is 15.3. The first kappa shape index (κ1) is 32.6. The number of amides is 2. The third kappa shape index (κ3) is 7.87. The van der Waals surface area contributed by atoms with Gasteiger partial charge in [0.1, 0.15) is 25.8 Å². The molecular formula is C36H39N3O6S. The van der Waals surface area contributed by atoms with Crippen molar-refractivity contribution in [2.75, 3.05) is 24.1 Å². The number of carbonyl (C=O) groups excluding carboxylic acids is 2. The molecule has 1 N–H and O–H groups in total. The molecule has 0 unspecified atom stereocenters. The van der Waals surface area contributed by atoms with E-state index >= 15 is 0 Å². The van der Waals surface area contributed by atoms with E-state index in [2.05, 4.69) is 5.32 Å². The number of hydrogen-bond donors (Lipinski definition) is 1. The summed E-state index contributed by atoms with van der Waals surface area (Å²) >= 11 is 0. The van der Waals surface area contributed by atoms with Crippen LogP contribution in [-0.2, 0) is 32.6 Å². The summed E-state index contributed by atoms with van der Waals surface area (Å²) in [7, 11) is -4.22. The number of rotatable bonds is 12. The van der Waals surface area contributed by atoms with Gasteiger partial charge in [0.05, 0.1) is 10.6 Å². The van der Waals surface area contributed by atoms with E-state index in [1.807, 2.05) is 75.4 Å². The fraction of sp³-hybridized carbons (Fsp3) is 0.278. The van der Waals surface area contributed by atoms with E-state index in [9.17, 15) is 18.0 Å². The monoisotopic (exact) mass is 641 g/mol. The van der Waals surface area contributed by atoms with Gasteiger partial charge in [-0.1, -0.05) is 78.4 Å². The molecule has 0 aromatic heterocycles. The summed E-state index contributed by atoms with van der Waals surface area (Å²) < 4.78 is 40.9. The number of hydrogen-bond acceptors (Lipinski definition) is 6. The Morgan fingerprint density at radius 1 is 0.804 bits per heavy atom. The maximum Gasteiger partial charge on any atom is 0.264 e. The molecular weight excluding hydrogens is 602 g/mol. The minimum atomic E-state index is -4.22. The van der Waals surface area contributed by atoms with E-state index in [1.165, 1.54) is 17.0 Å². The molecule has 5 rings (SSSR count). The van der Waals surface area contributed by atoms with Gasteiger partial charge in [-0.15, -0.1) is 0 Å². The number of carbonyl (C=O) groups is 2. The summed E-state index contributed by atoms with van der Waals surface area (Å²) in [5.74, 6) is 0.0273. The number of anilines is 1. The van der Waals surface area contributed by atoms with Gasteiger partial charge in [-0.3, -0.25) is 13.9 Å². The molecule has 46 heavy (non-hydrogen) atoms. The average molecular weight is 642 g/mol. The van der Waals surface area contributed by atoms with Crippen LogP contribution in [0.3, 0.4) is 0 Å². The zero-order chi connectivity index (χ0) is 32.7. The van der Waals surface area contributed by atoms with Crippen LogP contribution in [0.5, 0.6) is 11.5 Å². The Morgan fingerprint density at radius 2 is 1.46 bits per heavy atom. The summed E-state index contributed by atoms with van der Waals surface area (Å²) in [6, 6.07) is 28.9. The maximum absolute atomic E-state index is 14.6. The van der Waals surface area contributed by atoms with Crippen LogP contribution in [0.15, 0.2) is 108 Å². The predicted molar refractivity (Wildman–Crippen MR) is 177 cm³/mol. The quantitative estimate of drug-likeness (QED) is 0.230. The smallest absolute Gasteiger partial charge is 0.264 e. The SMILES string of the molecule is Cc1cccc(CN(C(=O)CN(c2ccc3c(c2)OCCO3)S(=O)(=O)c2ccccc2)[C@H](Cc2ccccc2)C(=O)NC(C)C)c1. The number of aryl methyl sites for hydroxylation is 1. The lowest BCUT2D eigenvalue weighted by molar-refractivity contribution is -0.140. The Hall–Kier alpha value is -4.83. The van der Waals surface area contributed by atoms with E-state index in [0.717, 1.165) is 21.0 Å². The Labute approximate surface area is 270 Å². The van der Waals surface area contributed by atoms with Gasteiger partial charge < -0.3 is 19.7 Å². The highest BCUT2D eigenvalue weighted by Gasteiger charge is 2.35. The molecule has 1 aliphatic rings. The molecule has 4 aromatic carbocycles. The summed E-state index contributed by atoms with van der Waals surface area (Å²) in [6.45, 7) is 5.93. The highest BCUT2D eigenvalue weighted by molar-refractivity contribution is 7.92. The minimum absolute atomic E-state index is 0.0290. The van der Waals surface area contributed by atoms with E-state index < -0.39 is 28.5 Å². The molecule has 0 fully saturated rings. The summed E-state index contributed by atoms with van der Waals surface area (Å²) in [4.78, 5) is 29.9. The van der Waals surface area contributed by atoms with Gasteiger partial charge in [0, 0.05) is 25.1 Å². The number of ether oxygens (including phenoxy) is 2. The summed E-state index contributed by atoms with van der Waals surface area (Å²) in [5.41, 5.74) is 2.93. The third-order valence-electron chi connectivity index (χ3n) is 7.56. The van der Waals surface area contributed by atoms with E-state index in [0.29, 0.717) is 24.7 Å². The molecule has 9 nitrogen and oxygen atoms in total. The van der Waals surface area contributed by atoms with Crippen LogP contribution in [0.1, 0.15) is 30.5 Å². The van der Waals surface area contributed by atoms with E-state index in [1.54, 1.807) is 36.4 Å². The van der Waals surface area contributed by atoms with Gasteiger partial charge >= 0.3 is 0 Å². The van der Waals surface area contributed by atoms with Crippen molar-refractivity contribution in [2.45, 2.75) is 50.7 Å². The van der Waals surface area contributed by atoms with Crippen LogP contribution in [0.4, 0.5) is 5.69 Å². The number of sulfonamides is 1. The summed E-state index contributed by atoms with van der Waals surface area (Å²) in [5, 5.41) is 2.98. The van der Waals surface area contributed by atoms with Gasteiger partial charge in [0.15, 0.2) is 11.5 Å². The number of nitrogens with one attached hydrogen (secondary N) is 1. The third-order valence-corrected chi connectivity index (χ3v) is 9.35. The van der Waals surface area contributed by atoms with Gasteiger partial charge in [-0.2, -0.15) is 0 Å². The number of nitrogens with zero attached hydrogens (tertiary/aromatic N) is 2. The van der Waals surface area contributed by atoms with Crippen LogP contribution < -0.4 is 19.1 Å². The second-order valence-electron chi connectivity index (χ2n) is 11.5. The molecule has 10 heteroatoms. The van der Waals surface area contributed by atoms with Gasteiger partial charge in [-0.25, -0.2) is 8.42 Å². The van der Waals surface area contributed by atoms with Crippen LogP contribution in [0.25, 0.3) is 0 Å². The molecule has 2 amide bonds. The van der Waals surface area contributed by atoms with Crippen molar-refractivity contribution in [1.29, 1.82) is 0 Å². The van der Waals surface area contributed by atoms with Crippen LogP contribution in [0.2, 0.25) is 0 Å². The fourth-order valence-corrected chi connectivity index (χ4v) is 6.80. The highest BCUT2D eigenvalue weighted by atomic mass is 32.2. The molecule has 0 aliphatic carbocycles. The largest absolute Gasteiger partial charge is 0.486 e. The Bertz CT molecular complexity index is 1760. The molecule has 4 aromatic rings. The Morgan fingerprint density at radius 3 is 2.13 bits per heavy atom. The number of fused-ring (bicyclic) bond motifs is 1. The predicted octanol–water partition coefficient (Wildman–Crippen LogP) is 5.13. The van der Waals surface area contributed by atoms with Crippen molar-refractivity contribution < 1.29 is 27.5 Å². The van der Waals surface area contributed by atoms with Crippen molar-refractivity contribution in [2.24, 2.45) is 0 Å². The standard InChI is InChI=1S/C36H39N3O6S/c1-26(2)37-36(41)32(22-28-12-6-4-7-13-28)38(24-29-14-10-11-27(3)21-29)35(40)25-39(46(42,43)31-15-8-5-9-16-31)30-17-18-33-34(23-30)45-20-19-44-33/h4-18,21,23,26,32H,19-20,22,24-25H2,1-3H3,(H,37,41)/t32-/m1/s1. The molecule has 240 valence electrons. The molecule has 0 spiro atoms. The van der Waals surface area contributed by atoms with Crippen LogP contribution >= 0.6 is 0 Å². The topological polar surface area (TPSA) is 105 Å². The zero-order valence-electron chi connectivity index (χ0n) is 26.3.